The van der Waals surface area contributed by atoms with Gasteiger partial charge in [-0.1, -0.05) is 13.8 Å². The smallest absolute Gasteiger partial charge is 0.251 e. The molecule has 22 heavy (non-hydrogen) atoms. The molecule has 1 aliphatic rings. The van der Waals surface area contributed by atoms with Crippen LogP contribution in [-0.2, 0) is 4.74 Å². The lowest BCUT2D eigenvalue weighted by Crippen LogP contribution is -2.51. The Bertz CT molecular complexity index is 497. The van der Waals surface area contributed by atoms with Crippen LogP contribution in [0.3, 0.4) is 0 Å². The molecule has 0 aliphatic carbocycles. The van der Waals surface area contributed by atoms with Crippen molar-refractivity contribution >= 4 is 5.91 Å². The number of hydrogen-bond acceptors (Lipinski definition) is 3. The number of halogens is 2. The molecule has 4 nitrogen and oxygen atoms in total. The van der Waals surface area contributed by atoms with E-state index in [0.29, 0.717) is 25.7 Å². The first-order chi connectivity index (χ1) is 10.5. The monoisotopic (exact) mass is 312 g/mol. The summed E-state index contributed by atoms with van der Waals surface area (Å²) in [6, 6.07) is 3.00. The number of carbonyl (C=O) groups is 1. The number of carbonyl (C=O) groups excluding carboxylic acids is 1. The molecule has 1 amide bonds. The van der Waals surface area contributed by atoms with E-state index < -0.39 is 17.5 Å². The summed E-state index contributed by atoms with van der Waals surface area (Å²) in [5, 5.41) is 2.78. The Hall–Kier alpha value is -1.53. The van der Waals surface area contributed by atoms with Gasteiger partial charge in [-0.05, 0) is 18.1 Å². The largest absolute Gasteiger partial charge is 0.379 e. The van der Waals surface area contributed by atoms with Crippen LogP contribution in [0.1, 0.15) is 24.2 Å². The second-order valence-electron chi connectivity index (χ2n) is 5.83. The van der Waals surface area contributed by atoms with Crippen molar-refractivity contribution in [2.75, 3.05) is 32.8 Å². The number of morpholine rings is 1. The van der Waals surface area contributed by atoms with Crippen molar-refractivity contribution in [2.24, 2.45) is 5.92 Å². The maximum absolute atomic E-state index is 13.2. The third-order valence-electron chi connectivity index (χ3n) is 3.88. The van der Waals surface area contributed by atoms with Crippen molar-refractivity contribution in [3.05, 3.63) is 35.4 Å². The predicted molar refractivity (Wildman–Crippen MR) is 79.7 cm³/mol. The third-order valence-corrected chi connectivity index (χ3v) is 3.88. The lowest BCUT2D eigenvalue weighted by molar-refractivity contribution is 0.00672. The fourth-order valence-corrected chi connectivity index (χ4v) is 2.68. The van der Waals surface area contributed by atoms with Gasteiger partial charge in [0.05, 0.1) is 13.2 Å². The maximum atomic E-state index is 13.2. The Morgan fingerprint density at radius 1 is 1.23 bits per heavy atom. The van der Waals surface area contributed by atoms with Crippen LogP contribution in [0.4, 0.5) is 8.78 Å². The predicted octanol–water partition coefficient (Wildman–Crippen LogP) is 2.05. The van der Waals surface area contributed by atoms with Gasteiger partial charge >= 0.3 is 0 Å². The summed E-state index contributed by atoms with van der Waals surface area (Å²) in [7, 11) is 0. The quantitative estimate of drug-likeness (QED) is 0.905. The molecule has 0 saturated carbocycles. The van der Waals surface area contributed by atoms with E-state index in [1.165, 1.54) is 0 Å². The highest BCUT2D eigenvalue weighted by Gasteiger charge is 2.24. The second kappa shape index (κ2) is 7.65. The van der Waals surface area contributed by atoms with E-state index in [9.17, 15) is 13.6 Å². The summed E-state index contributed by atoms with van der Waals surface area (Å²) < 4.78 is 31.7. The van der Waals surface area contributed by atoms with Crippen LogP contribution < -0.4 is 5.32 Å². The van der Waals surface area contributed by atoms with Crippen LogP contribution in [0.2, 0.25) is 0 Å². The molecule has 1 unspecified atom stereocenters. The van der Waals surface area contributed by atoms with Gasteiger partial charge in [0.1, 0.15) is 11.6 Å². The summed E-state index contributed by atoms with van der Waals surface area (Å²) in [6.45, 7) is 7.65. The molecule has 0 bridgehead atoms. The second-order valence-corrected chi connectivity index (χ2v) is 5.83. The minimum absolute atomic E-state index is 0.00184. The normalized spacial score (nSPS) is 17.5. The molecular weight excluding hydrogens is 290 g/mol. The number of rotatable bonds is 5. The summed E-state index contributed by atoms with van der Waals surface area (Å²) in [5.74, 6) is -1.61. The zero-order chi connectivity index (χ0) is 16.1. The van der Waals surface area contributed by atoms with Gasteiger partial charge in [0.2, 0.25) is 0 Å². The Morgan fingerprint density at radius 3 is 2.36 bits per heavy atom. The van der Waals surface area contributed by atoms with Gasteiger partial charge in [0.25, 0.3) is 5.91 Å². The fraction of sp³-hybridized carbons (Fsp3) is 0.562. The highest BCUT2D eigenvalue weighted by atomic mass is 19.1. The molecule has 1 aliphatic heterocycles. The Morgan fingerprint density at radius 2 is 1.82 bits per heavy atom. The molecule has 1 fully saturated rings. The van der Waals surface area contributed by atoms with Crippen LogP contribution in [0.15, 0.2) is 18.2 Å². The topological polar surface area (TPSA) is 41.6 Å². The van der Waals surface area contributed by atoms with E-state index in [-0.39, 0.29) is 11.6 Å². The number of benzene rings is 1. The van der Waals surface area contributed by atoms with Gasteiger partial charge in [-0.2, -0.15) is 0 Å². The number of hydrogen-bond donors (Lipinski definition) is 1. The molecule has 1 heterocycles. The average molecular weight is 312 g/mol. The SMILES string of the molecule is CC(C)C(CNC(=O)c1cc(F)cc(F)c1)N1CCOCC1. The molecule has 0 aromatic heterocycles. The zero-order valence-corrected chi connectivity index (χ0v) is 12.9. The molecule has 1 N–H and O–H groups in total. The summed E-state index contributed by atoms with van der Waals surface area (Å²) in [4.78, 5) is 14.3. The fourth-order valence-electron chi connectivity index (χ4n) is 2.68. The number of nitrogens with zero attached hydrogens (tertiary/aromatic N) is 1. The average Bonchev–Trinajstić information content (AvgIpc) is 2.47. The van der Waals surface area contributed by atoms with Crippen molar-refractivity contribution in [3.63, 3.8) is 0 Å². The first-order valence-corrected chi connectivity index (χ1v) is 7.53. The van der Waals surface area contributed by atoms with Gasteiger partial charge in [-0.3, -0.25) is 9.69 Å². The van der Waals surface area contributed by atoms with Gasteiger partial charge < -0.3 is 10.1 Å². The molecule has 1 aromatic carbocycles. The van der Waals surface area contributed by atoms with E-state index >= 15 is 0 Å². The molecule has 122 valence electrons. The number of nitrogens with one attached hydrogen (secondary N) is 1. The van der Waals surface area contributed by atoms with Crippen molar-refractivity contribution < 1.29 is 18.3 Å². The minimum Gasteiger partial charge on any atom is -0.379 e. The van der Waals surface area contributed by atoms with E-state index in [1.54, 1.807) is 0 Å². The molecule has 2 rings (SSSR count). The minimum atomic E-state index is -0.751. The van der Waals surface area contributed by atoms with Crippen LogP contribution in [0, 0.1) is 17.6 Å². The molecule has 1 atom stereocenters. The highest BCUT2D eigenvalue weighted by Crippen LogP contribution is 2.13. The van der Waals surface area contributed by atoms with Crippen LogP contribution >= 0.6 is 0 Å². The summed E-state index contributed by atoms with van der Waals surface area (Å²) in [6.07, 6.45) is 0. The molecule has 0 spiro atoms. The van der Waals surface area contributed by atoms with Crippen molar-refractivity contribution in [1.29, 1.82) is 0 Å². The number of ether oxygens (including phenoxy) is 1. The van der Waals surface area contributed by atoms with E-state index in [2.05, 4.69) is 24.1 Å². The summed E-state index contributed by atoms with van der Waals surface area (Å²) in [5.41, 5.74) is 0.00184. The van der Waals surface area contributed by atoms with Crippen molar-refractivity contribution in [3.8, 4) is 0 Å². The van der Waals surface area contributed by atoms with E-state index in [1.807, 2.05) is 0 Å². The molecule has 6 heteroatoms. The van der Waals surface area contributed by atoms with Gasteiger partial charge in [-0.15, -0.1) is 0 Å². The van der Waals surface area contributed by atoms with Crippen LogP contribution in [-0.4, -0.2) is 49.7 Å². The lowest BCUT2D eigenvalue weighted by atomic mass is 10.0. The maximum Gasteiger partial charge on any atom is 0.251 e. The Balaban J connectivity index is 1.97. The molecular formula is C16H22F2N2O2. The van der Waals surface area contributed by atoms with Crippen molar-refractivity contribution in [2.45, 2.75) is 19.9 Å². The first-order valence-electron chi connectivity index (χ1n) is 7.53. The van der Waals surface area contributed by atoms with Crippen LogP contribution in [0.25, 0.3) is 0 Å². The zero-order valence-electron chi connectivity index (χ0n) is 12.9. The third kappa shape index (κ3) is 4.48. The number of amides is 1. The summed E-state index contributed by atoms with van der Waals surface area (Å²) >= 11 is 0. The Labute approximate surface area is 129 Å². The first kappa shape index (κ1) is 16.8. The highest BCUT2D eigenvalue weighted by molar-refractivity contribution is 5.94. The van der Waals surface area contributed by atoms with Crippen LogP contribution in [0.5, 0.6) is 0 Å². The molecule has 1 saturated heterocycles. The van der Waals surface area contributed by atoms with Gasteiger partial charge in [0, 0.05) is 37.3 Å². The van der Waals surface area contributed by atoms with Crippen molar-refractivity contribution in [1.82, 2.24) is 10.2 Å². The Kier molecular flexibility index (Phi) is 5.85. The van der Waals surface area contributed by atoms with E-state index in [4.69, 9.17) is 4.74 Å². The van der Waals surface area contributed by atoms with E-state index in [0.717, 1.165) is 31.3 Å². The standard InChI is InChI=1S/C16H22F2N2O2/c1-11(2)15(20-3-5-22-6-4-20)10-19-16(21)12-7-13(17)9-14(18)8-12/h7-9,11,15H,3-6,10H2,1-2H3,(H,19,21). The van der Waals surface area contributed by atoms with Gasteiger partial charge in [-0.25, -0.2) is 8.78 Å². The molecule has 0 radical (unpaired) electrons. The lowest BCUT2D eigenvalue weighted by Gasteiger charge is -2.36. The molecule has 1 aromatic rings. The van der Waals surface area contributed by atoms with Gasteiger partial charge in [0.15, 0.2) is 0 Å².